The molecule has 0 saturated carbocycles. The van der Waals surface area contributed by atoms with Gasteiger partial charge in [-0.3, -0.25) is 14.5 Å². The number of benzene rings is 3. The number of nitrogens with zero attached hydrogens (tertiary/aromatic N) is 1. The standard InChI is InChI=1S/C27H23Cl2NO6/c1-14-7-5-6-8-19(14)30-23(16-12-20(34-2)26(36-4)21(13-16)35-3)22(25(32)27(30)33)24(31)15-9-10-17(28)18(29)11-15/h5-13,23,31H,1-4H3/b24-22+. The summed E-state index contributed by atoms with van der Waals surface area (Å²) in [4.78, 5) is 28.2. The number of aliphatic hydroxyl groups is 1. The second kappa shape index (κ2) is 10.1. The van der Waals surface area contributed by atoms with Gasteiger partial charge < -0.3 is 19.3 Å². The molecule has 1 amide bonds. The summed E-state index contributed by atoms with van der Waals surface area (Å²) >= 11 is 12.2. The number of anilines is 1. The Morgan fingerprint density at radius 3 is 2.08 bits per heavy atom. The van der Waals surface area contributed by atoms with E-state index in [1.807, 2.05) is 19.1 Å². The highest BCUT2D eigenvalue weighted by Gasteiger charge is 2.47. The van der Waals surface area contributed by atoms with Gasteiger partial charge in [-0.25, -0.2) is 0 Å². The topological polar surface area (TPSA) is 85.3 Å². The first-order chi connectivity index (χ1) is 17.2. The third-order valence-corrected chi connectivity index (χ3v) is 6.75. The first kappa shape index (κ1) is 25.4. The number of amides is 1. The first-order valence-electron chi connectivity index (χ1n) is 10.8. The van der Waals surface area contributed by atoms with Gasteiger partial charge in [0.1, 0.15) is 5.76 Å². The van der Waals surface area contributed by atoms with Crippen molar-refractivity contribution in [2.24, 2.45) is 0 Å². The lowest BCUT2D eigenvalue weighted by Crippen LogP contribution is -2.30. The molecule has 1 heterocycles. The molecule has 4 rings (SSSR count). The van der Waals surface area contributed by atoms with E-state index in [1.54, 1.807) is 24.3 Å². The number of ketones is 1. The minimum absolute atomic E-state index is 0.115. The summed E-state index contributed by atoms with van der Waals surface area (Å²) in [6.07, 6.45) is 0. The third-order valence-electron chi connectivity index (χ3n) is 6.02. The van der Waals surface area contributed by atoms with Crippen LogP contribution in [-0.4, -0.2) is 38.1 Å². The largest absolute Gasteiger partial charge is 0.507 e. The van der Waals surface area contributed by atoms with Crippen LogP contribution < -0.4 is 19.1 Å². The highest BCUT2D eigenvalue weighted by Crippen LogP contribution is 2.47. The second-order valence-corrected chi connectivity index (χ2v) is 8.86. The van der Waals surface area contributed by atoms with Crippen LogP contribution in [0.1, 0.15) is 22.7 Å². The lowest BCUT2D eigenvalue weighted by Gasteiger charge is -2.27. The van der Waals surface area contributed by atoms with Crippen LogP contribution in [0.2, 0.25) is 10.0 Å². The quantitative estimate of drug-likeness (QED) is 0.242. The Morgan fingerprint density at radius 1 is 0.889 bits per heavy atom. The number of halogens is 2. The Labute approximate surface area is 218 Å². The summed E-state index contributed by atoms with van der Waals surface area (Å²) in [6.45, 7) is 1.83. The van der Waals surface area contributed by atoms with E-state index in [1.165, 1.54) is 44.4 Å². The van der Waals surface area contributed by atoms with Crippen LogP contribution >= 0.6 is 23.2 Å². The van der Waals surface area contributed by atoms with Gasteiger partial charge in [-0.05, 0) is 54.4 Å². The predicted octanol–water partition coefficient (Wildman–Crippen LogP) is 5.95. The van der Waals surface area contributed by atoms with Crippen molar-refractivity contribution < 1.29 is 28.9 Å². The van der Waals surface area contributed by atoms with Crippen molar-refractivity contribution in [1.29, 1.82) is 0 Å². The number of carbonyl (C=O) groups excluding carboxylic acids is 2. The van der Waals surface area contributed by atoms with Gasteiger partial charge in [-0.2, -0.15) is 0 Å². The number of Topliss-reactive ketones (excluding diaryl/α,β-unsaturated/α-hetero) is 1. The van der Waals surface area contributed by atoms with Gasteiger partial charge in [0.15, 0.2) is 11.5 Å². The number of hydrogen-bond acceptors (Lipinski definition) is 6. The number of rotatable bonds is 6. The summed E-state index contributed by atoms with van der Waals surface area (Å²) in [5.41, 5.74) is 1.88. The Balaban J connectivity index is 2.04. The Bertz CT molecular complexity index is 1380. The van der Waals surface area contributed by atoms with Gasteiger partial charge >= 0.3 is 0 Å². The Morgan fingerprint density at radius 2 is 1.53 bits per heavy atom. The molecule has 1 aliphatic heterocycles. The molecule has 1 N–H and O–H groups in total. The van der Waals surface area contributed by atoms with Crippen LogP contribution in [-0.2, 0) is 9.59 Å². The zero-order chi connectivity index (χ0) is 26.1. The van der Waals surface area contributed by atoms with Crippen molar-refractivity contribution in [2.45, 2.75) is 13.0 Å². The third kappa shape index (κ3) is 4.25. The molecule has 9 heteroatoms. The first-order valence-corrected chi connectivity index (χ1v) is 11.6. The van der Waals surface area contributed by atoms with Crippen molar-refractivity contribution in [2.75, 3.05) is 26.2 Å². The molecule has 0 aliphatic carbocycles. The lowest BCUT2D eigenvalue weighted by molar-refractivity contribution is -0.132. The molecule has 186 valence electrons. The van der Waals surface area contributed by atoms with Gasteiger partial charge in [-0.1, -0.05) is 41.4 Å². The average Bonchev–Trinajstić information content (AvgIpc) is 3.14. The van der Waals surface area contributed by atoms with E-state index < -0.39 is 17.7 Å². The number of para-hydroxylation sites is 1. The minimum Gasteiger partial charge on any atom is -0.507 e. The van der Waals surface area contributed by atoms with Gasteiger partial charge in [0.2, 0.25) is 5.75 Å². The molecular formula is C27H23Cl2NO6. The second-order valence-electron chi connectivity index (χ2n) is 8.04. The summed E-state index contributed by atoms with van der Waals surface area (Å²) in [7, 11) is 4.41. The van der Waals surface area contributed by atoms with Crippen molar-refractivity contribution in [1.82, 2.24) is 0 Å². The van der Waals surface area contributed by atoms with Crippen LogP contribution in [0.15, 0.2) is 60.2 Å². The zero-order valence-corrected chi connectivity index (χ0v) is 21.5. The van der Waals surface area contributed by atoms with Crippen molar-refractivity contribution in [3.8, 4) is 17.2 Å². The van der Waals surface area contributed by atoms with Crippen molar-refractivity contribution in [3.63, 3.8) is 0 Å². The molecular weight excluding hydrogens is 505 g/mol. The van der Waals surface area contributed by atoms with Crippen LogP contribution in [0.4, 0.5) is 5.69 Å². The summed E-state index contributed by atoms with van der Waals surface area (Å²) < 4.78 is 16.4. The molecule has 1 unspecified atom stereocenters. The number of aryl methyl sites for hydroxylation is 1. The molecule has 0 bridgehead atoms. The summed E-state index contributed by atoms with van der Waals surface area (Å²) in [5.74, 6) is -1.01. The number of methoxy groups -OCH3 is 3. The fourth-order valence-electron chi connectivity index (χ4n) is 4.29. The van der Waals surface area contributed by atoms with Crippen LogP contribution in [0.25, 0.3) is 5.76 Å². The molecule has 0 spiro atoms. The van der Waals surface area contributed by atoms with E-state index in [4.69, 9.17) is 37.4 Å². The van der Waals surface area contributed by atoms with E-state index in [2.05, 4.69) is 0 Å². The fraction of sp³-hybridized carbons (Fsp3) is 0.185. The van der Waals surface area contributed by atoms with Gasteiger partial charge in [-0.15, -0.1) is 0 Å². The van der Waals surface area contributed by atoms with E-state index in [-0.39, 0.29) is 26.9 Å². The van der Waals surface area contributed by atoms with Crippen LogP contribution in [0.3, 0.4) is 0 Å². The minimum atomic E-state index is -1.01. The van der Waals surface area contributed by atoms with Crippen molar-refractivity contribution in [3.05, 3.63) is 86.9 Å². The van der Waals surface area contributed by atoms with Gasteiger partial charge in [0.05, 0.1) is 43.0 Å². The number of ether oxygens (including phenoxy) is 3. The molecule has 1 aliphatic rings. The summed E-state index contributed by atoms with van der Waals surface area (Å²) in [5, 5.41) is 11.8. The smallest absolute Gasteiger partial charge is 0.300 e. The van der Waals surface area contributed by atoms with Crippen molar-refractivity contribution >= 4 is 46.3 Å². The molecule has 1 atom stereocenters. The van der Waals surface area contributed by atoms with Gasteiger partial charge in [0.25, 0.3) is 11.7 Å². The molecule has 1 fully saturated rings. The normalized spacial score (nSPS) is 16.8. The van der Waals surface area contributed by atoms with E-state index >= 15 is 0 Å². The van der Waals surface area contributed by atoms with Crippen LogP contribution in [0.5, 0.6) is 17.2 Å². The van der Waals surface area contributed by atoms with Gasteiger partial charge in [0, 0.05) is 11.3 Å². The number of hydrogen-bond donors (Lipinski definition) is 1. The summed E-state index contributed by atoms with van der Waals surface area (Å²) in [6, 6.07) is 13.9. The monoisotopic (exact) mass is 527 g/mol. The molecule has 0 radical (unpaired) electrons. The van der Waals surface area contributed by atoms with Crippen LogP contribution in [0, 0.1) is 6.92 Å². The Hall–Kier alpha value is -3.68. The lowest BCUT2D eigenvalue weighted by atomic mass is 9.94. The maximum atomic E-state index is 13.4. The van der Waals surface area contributed by atoms with E-state index in [0.29, 0.717) is 28.5 Å². The zero-order valence-electron chi connectivity index (χ0n) is 20.0. The fourth-order valence-corrected chi connectivity index (χ4v) is 4.59. The molecule has 7 nitrogen and oxygen atoms in total. The number of carbonyl (C=O) groups is 2. The highest BCUT2D eigenvalue weighted by atomic mass is 35.5. The Kier molecular flexibility index (Phi) is 7.15. The number of aliphatic hydroxyl groups excluding tert-OH is 1. The predicted molar refractivity (Wildman–Crippen MR) is 139 cm³/mol. The molecule has 3 aromatic carbocycles. The molecule has 36 heavy (non-hydrogen) atoms. The molecule has 0 aromatic heterocycles. The maximum absolute atomic E-state index is 13.4. The molecule has 1 saturated heterocycles. The highest BCUT2D eigenvalue weighted by molar-refractivity contribution is 6.52. The van der Waals surface area contributed by atoms with E-state index in [0.717, 1.165) is 5.56 Å². The van der Waals surface area contributed by atoms with E-state index in [9.17, 15) is 14.7 Å². The maximum Gasteiger partial charge on any atom is 0.300 e. The molecule has 3 aromatic rings. The average molecular weight is 528 g/mol. The SMILES string of the molecule is COc1cc(C2/C(=C(\O)c3ccc(Cl)c(Cl)c3)C(=O)C(=O)N2c2ccccc2C)cc(OC)c1OC.